The molecular formula is C15H14N2S. The lowest BCUT2D eigenvalue weighted by atomic mass is 10.1. The predicted molar refractivity (Wildman–Crippen MR) is 73.5 cm³/mol. The van der Waals surface area contributed by atoms with Crippen molar-refractivity contribution in [1.82, 2.24) is 4.98 Å². The molecule has 1 aromatic carbocycles. The van der Waals surface area contributed by atoms with Crippen LogP contribution in [0.25, 0.3) is 10.6 Å². The van der Waals surface area contributed by atoms with E-state index < -0.39 is 0 Å². The van der Waals surface area contributed by atoms with Gasteiger partial charge in [0.1, 0.15) is 5.01 Å². The van der Waals surface area contributed by atoms with Crippen LogP contribution in [-0.4, -0.2) is 4.98 Å². The quantitative estimate of drug-likeness (QED) is 0.812. The number of thiazole rings is 1. The number of nitrogens with zero attached hydrogens (tertiary/aromatic N) is 2. The van der Waals surface area contributed by atoms with Gasteiger partial charge < -0.3 is 0 Å². The molecule has 18 heavy (non-hydrogen) atoms. The molecule has 0 unspecified atom stereocenters. The van der Waals surface area contributed by atoms with Crippen molar-refractivity contribution in [1.29, 1.82) is 5.26 Å². The highest BCUT2D eigenvalue weighted by Gasteiger charge is 2.47. The van der Waals surface area contributed by atoms with E-state index in [0.717, 1.165) is 23.5 Å². The number of rotatable bonds is 2. The van der Waals surface area contributed by atoms with E-state index in [1.807, 2.05) is 19.1 Å². The predicted octanol–water partition coefficient (Wildman–Crippen LogP) is 3.98. The highest BCUT2D eigenvalue weighted by Crippen LogP contribution is 2.51. The molecule has 0 bridgehead atoms. The second-order valence-electron chi connectivity index (χ2n) is 4.94. The van der Waals surface area contributed by atoms with Gasteiger partial charge in [0.25, 0.3) is 0 Å². The molecular weight excluding hydrogens is 240 g/mol. The first-order chi connectivity index (χ1) is 8.66. The van der Waals surface area contributed by atoms with Crippen LogP contribution in [0, 0.1) is 25.2 Å². The number of hydrogen-bond acceptors (Lipinski definition) is 3. The highest BCUT2D eigenvalue weighted by molar-refractivity contribution is 7.15. The lowest BCUT2D eigenvalue weighted by molar-refractivity contribution is 0.914. The fourth-order valence-corrected chi connectivity index (χ4v) is 3.64. The van der Waals surface area contributed by atoms with Crippen molar-refractivity contribution < 1.29 is 0 Å². The van der Waals surface area contributed by atoms with E-state index in [2.05, 4.69) is 30.1 Å². The molecule has 1 aliphatic carbocycles. The highest BCUT2D eigenvalue weighted by atomic mass is 32.1. The maximum absolute atomic E-state index is 9.30. The SMILES string of the molecule is Cc1ccccc1-c1nc(C)c(C2(C#N)CC2)s1. The third-order valence-corrected chi connectivity index (χ3v) is 4.97. The molecule has 1 saturated carbocycles. The van der Waals surface area contributed by atoms with Gasteiger partial charge in [0.15, 0.2) is 0 Å². The maximum Gasteiger partial charge on any atom is 0.124 e. The van der Waals surface area contributed by atoms with Crippen molar-refractivity contribution >= 4 is 11.3 Å². The molecule has 0 amide bonds. The van der Waals surface area contributed by atoms with Crippen LogP contribution in [0.1, 0.15) is 29.0 Å². The number of aromatic nitrogens is 1. The second-order valence-corrected chi connectivity index (χ2v) is 5.94. The molecule has 1 heterocycles. The van der Waals surface area contributed by atoms with Crippen molar-refractivity contribution in [3.8, 4) is 16.6 Å². The molecule has 3 rings (SSSR count). The Hall–Kier alpha value is -1.66. The van der Waals surface area contributed by atoms with Gasteiger partial charge in [-0.05, 0) is 32.3 Å². The van der Waals surface area contributed by atoms with Crippen LogP contribution in [0.15, 0.2) is 24.3 Å². The topological polar surface area (TPSA) is 36.7 Å². The van der Waals surface area contributed by atoms with Gasteiger partial charge in [-0.25, -0.2) is 4.98 Å². The molecule has 0 saturated heterocycles. The minimum absolute atomic E-state index is 0.220. The molecule has 1 aromatic heterocycles. The number of nitriles is 1. The Balaban J connectivity index is 2.09. The van der Waals surface area contributed by atoms with Crippen molar-refractivity contribution in [3.63, 3.8) is 0 Å². The Labute approximate surface area is 111 Å². The lowest BCUT2D eigenvalue weighted by Crippen LogP contribution is -2.01. The van der Waals surface area contributed by atoms with Gasteiger partial charge in [-0.2, -0.15) is 5.26 Å². The summed E-state index contributed by atoms with van der Waals surface area (Å²) >= 11 is 1.69. The van der Waals surface area contributed by atoms with Crippen molar-refractivity contribution in [2.75, 3.05) is 0 Å². The molecule has 1 aliphatic rings. The van der Waals surface area contributed by atoms with E-state index in [-0.39, 0.29) is 5.41 Å². The maximum atomic E-state index is 9.30. The van der Waals surface area contributed by atoms with E-state index in [0.29, 0.717) is 0 Å². The summed E-state index contributed by atoms with van der Waals surface area (Å²) in [7, 11) is 0. The average molecular weight is 254 g/mol. The molecule has 0 aliphatic heterocycles. The van der Waals surface area contributed by atoms with Crippen molar-refractivity contribution in [3.05, 3.63) is 40.4 Å². The van der Waals surface area contributed by atoms with Gasteiger partial charge in [-0.1, -0.05) is 24.3 Å². The zero-order valence-electron chi connectivity index (χ0n) is 10.5. The Morgan fingerprint density at radius 1 is 1.28 bits per heavy atom. The van der Waals surface area contributed by atoms with Crippen LogP contribution in [0.4, 0.5) is 0 Å². The van der Waals surface area contributed by atoms with Crippen molar-refractivity contribution in [2.45, 2.75) is 32.1 Å². The number of benzene rings is 1. The third kappa shape index (κ3) is 1.65. The Morgan fingerprint density at radius 3 is 2.61 bits per heavy atom. The zero-order chi connectivity index (χ0) is 12.8. The summed E-state index contributed by atoms with van der Waals surface area (Å²) in [6.07, 6.45) is 1.97. The van der Waals surface area contributed by atoms with Crippen LogP contribution in [0.3, 0.4) is 0 Å². The summed E-state index contributed by atoms with van der Waals surface area (Å²) in [4.78, 5) is 5.83. The average Bonchev–Trinajstić information content (AvgIpc) is 3.07. The van der Waals surface area contributed by atoms with Crippen LogP contribution in [-0.2, 0) is 5.41 Å². The molecule has 90 valence electrons. The Bertz CT molecular complexity index is 645. The summed E-state index contributed by atoms with van der Waals surface area (Å²) in [5.74, 6) is 0. The molecule has 0 N–H and O–H groups in total. The first-order valence-electron chi connectivity index (χ1n) is 6.11. The normalized spacial score (nSPS) is 16.3. The van der Waals surface area contributed by atoms with Crippen LogP contribution in [0.2, 0.25) is 0 Å². The minimum Gasteiger partial charge on any atom is -0.241 e. The van der Waals surface area contributed by atoms with Gasteiger partial charge >= 0.3 is 0 Å². The molecule has 2 aromatic rings. The van der Waals surface area contributed by atoms with E-state index in [4.69, 9.17) is 0 Å². The molecule has 3 heteroatoms. The fourth-order valence-electron chi connectivity index (χ4n) is 2.28. The molecule has 0 atom stereocenters. The first kappa shape index (κ1) is 11.4. The fraction of sp³-hybridized carbons (Fsp3) is 0.333. The molecule has 0 spiro atoms. The first-order valence-corrected chi connectivity index (χ1v) is 6.93. The van der Waals surface area contributed by atoms with Crippen LogP contribution < -0.4 is 0 Å². The van der Waals surface area contributed by atoms with Gasteiger partial charge in [0, 0.05) is 10.4 Å². The van der Waals surface area contributed by atoms with Gasteiger partial charge in [0.2, 0.25) is 0 Å². The molecule has 2 nitrogen and oxygen atoms in total. The summed E-state index contributed by atoms with van der Waals surface area (Å²) < 4.78 is 0. The summed E-state index contributed by atoms with van der Waals surface area (Å²) in [5.41, 5.74) is 3.23. The smallest absolute Gasteiger partial charge is 0.124 e. The van der Waals surface area contributed by atoms with Crippen molar-refractivity contribution in [2.24, 2.45) is 0 Å². The van der Waals surface area contributed by atoms with Crippen LogP contribution in [0.5, 0.6) is 0 Å². The zero-order valence-corrected chi connectivity index (χ0v) is 11.3. The summed E-state index contributed by atoms with van der Waals surface area (Å²) in [6.45, 7) is 4.12. The Kier molecular flexibility index (Phi) is 2.49. The minimum atomic E-state index is -0.220. The number of hydrogen-bond donors (Lipinski definition) is 0. The summed E-state index contributed by atoms with van der Waals surface area (Å²) in [6, 6.07) is 10.7. The third-order valence-electron chi connectivity index (χ3n) is 3.57. The second kappa shape index (κ2) is 3.93. The van der Waals surface area contributed by atoms with E-state index in [9.17, 15) is 5.26 Å². The lowest BCUT2D eigenvalue weighted by Gasteiger charge is -2.01. The molecule has 0 radical (unpaired) electrons. The van der Waals surface area contributed by atoms with E-state index in [1.54, 1.807) is 11.3 Å². The summed E-state index contributed by atoms with van der Waals surface area (Å²) in [5, 5.41) is 10.3. The van der Waals surface area contributed by atoms with E-state index >= 15 is 0 Å². The monoisotopic (exact) mass is 254 g/mol. The largest absolute Gasteiger partial charge is 0.241 e. The van der Waals surface area contributed by atoms with Gasteiger partial charge in [-0.3, -0.25) is 0 Å². The number of aryl methyl sites for hydroxylation is 2. The van der Waals surface area contributed by atoms with Crippen LogP contribution >= 0.6 is 11.3 Å². The van der Waals surface area contributed by atoms with E-state index in [1.165, 1.54) is 16.0 Å². The Morgan fingerprint density at radius 2 is 2.00 bits per heavy atom. The molecule has 1 fully saturated rings. The van der Waals surface area contributed by atoms with Gasteiger partial charge in [-0.15, -0.1) is 11.3 Å². The standard InChI is InChI=1S/C15H14N2S/c1-10-5-3-4-6-12(10)14-17-11(2)13(18-14)15(9-16)7-8-15/h3-6H,7-8H2,1-2H3. The van der Waals surface area contributed by atoms with Gasteiger partial charge in [0.05, 0.1) is 17.2 Å².